The van der Waals surface area contributed by atoms with Crippen LogP contribution in [-0.2, 0) is 10.0 Å². The number of rotatable bonds is 4. The Bertz CT molecular complexity index is 905. The van der Waals surface area contributed by atoms with Crippen molar-refractivity contribution < 1.29 is 17.2 Å². The first-order chi connectivity index (χ1) is 10.5. The van der Waals surface area contributed by atoms with Crippen molar-refractivity contribution in [2.45, 2.75) is 4.21 Å². The highest BCUT2D eigenvalue weighted by Crippen LogP contribution is 2.28. The van der Waals surface area contributed by atoms with Crippen LogP contribution in [0.3, 0.4) is 0 Å². The van der Waals surface area contributed by atoms with Crippen LogP contribution >= 0.6 is 22.7 Å². The van der Waals surface area contributed by atoms with Crippen molar-refractivity contribution in [1.82, 2.24) is 4.98 Å². The molecule has 22 heavy (non-hydrogen) atoms. The van der Waals surface area contributed by atoms with Gasteiger partial charge in [-0.3, -0.25) is 4.72 Å². The van der Waals surface area contributed by atoms with Gasteiger partial charge < -0.3 is 0 Å². The molecule has 0 fully saturated rings. The van der Waals surface area contributed by atoms with Gasteiger partial charge in [0.05, 0.1) is 5.69 Å². The smallest absolute Gasteiger partial charge is 0.254 e. The maximum absolute atomic E-state index is 13.2. The number of nitrogens with one attached hydrogen (secondary N) is 1. The third-order valence-electron chi connectivity index (χ3n) is 2.70. The van der Waals surface area contributed by atoms with Crippen LogP contribution in [-0.4, -0.2) is 13.4 Å². The van der Waals surface area contributed by atoms with E-state index >= 15 is 0 Å². The first-order valence-electron chi connectivity index (χ1n) is 5.93. The van der Waals surface area contributed by atoms with Gasteiger partial charge in [-0.25, -0.2) is 22.2 Å². The van der Waals surface area contributed by atoms with Crippen LogP contribution in [0.4, 0.5) is 13.9 Å². The van der Waals surface area contributed by atoms with E-state index in [0.29, 0.717) is 11.3 Å². The number of anilines is 1. The molecule has 3 aromatic rings. The van der Waals surface area contributed by atoms with Gasteiger partial charge in [0, 0.05) is 10.9 Å². The van der Waals surface area contributed by atoms with Crippen molar-refractivity contribution in [3.8, 4) is 11.3 Å². The van der Waals surface area contributed by atoms with Crippen molar-refractivity contribution in [1.29, 1.82) is 0 Å². The monoisotopic (exact) mass is 358 g/mol. The number of halogens is 2. The van der Waals surface area contributed by atoms with Gasteiger partial charge in [0.2, 0.25) is 0 Å². The van der Waals surface area contributed by atoms with Crippen LogP contribution in [0.15, 0.2) is 45.3 Å². The zero-order valence-corrected chi connectivity index (χ0v) is 13.2. The van der Waals surface area contributed by atoms with Crippen LogP contribution in [0.25, 0.3) is 11.3 Å². The summed E-state index contributed by atoms with van der Waals surface area (Å²) in [5, 5.41) is 3.38. The highest BCUT2D eigenvalue weighted by atomic mass is 32.2. The second kappa shape index (κ2) is 5.75. The number of hydrogen-bond donors (Lipinski definition) is 1. The molecule has 4 nitrogen and oxygen atoms in total. The van der Waals surface area contributed by atoms with Gasteiger partial charge in [-0.05, 0) is 29.6 Å². The average molecular weight is 358 g/mol. The molecule has 0 saturated heterocycles. The number of thiophene rings is 1. The van der Waals surface area contributed by atoms with Gasteiger partial charge in [-0.15, -0.1) is 22.7 Å². The molecule has 1 N–H and O–H groups in total. The van der Waals surface area contributed by atoms with E-state index in [1.807, 2.05) is 0 Å². The second-order valence-corrected chi connectivity index (χ2v) is 7.92. The minimum absolute atomic E-state index is 0.160. The molecule has 0 unspecified atom stereocenters. The summed E-state index contributed by atoms with van der Waals surface area (Å²) in [6.45, 7) is 0. The molecular weight excluding hydrogens is 350 g/mol. The lowest BCUT2D eigenvalue weighted by Gasteiger charge is -2.02. The van der Waals surface area contributed by atoms with Gasteiger partial charge >= 0.3 is 0 Å². The zero-order chi connectivity index (χ0) is 15.7. The molecule has 0 atom stereocenters. The second-order valence-electron chi connectivity index (χ2n) is 4.20. The summed E-state index contributed by atoms with van der Waals surface area (Å²) < 4.78 is 52.8. The Morgan fingerprint density at radius 2 is 1.91 bits per heavy atom. The molecule has 0 amide bonds. The van der Waals surface area contributed by atoms with E-state index in [1.165, 1.54) is 12.1 Å². The Labute approximate surface area is 133 Å². The highest BCUT2D eigenvalue weighted by molar-refractivity contribution is 7.94. The predicted molar refractivity (Wildman–Crippen MR) is 82.6 cm³/mol. The van der Waals surface area contributed by atoms with Crippen LogP contribution in [0.5, 0.6) is 0 Å². The summed E-state index contributed by atoms with van der Waals surface area (Å²) in [6.07, 6.45) is 0. The lowest BCUT2D eigenvalue weighted by molar-refractivity contribution is 0.509. The topological polar surface area (TPSA) is 59.1 Å². The molecule has 0 bridgehead atoms. The largest absolute Gasteiger partial charge is 0.273 e. The fraction of sp³-hybridized carbons (Fsp3) is 0. The molecule has 0 spiro atoms. The summed E-state index contributed by atoms with van der Waals surface area (Å²) in [7, 11) is -3.67. The highest BCUT2D eigenvalue weighted by Gasteiger charge is 2.17. The van der Waals surface area contributed by atoms with Gasteiger partial charge in [0.1, 0.15) is 4.21 Å². The molecule has 2 aromatic heterocycles. The van der Waals surface area contributed by atoms with E-state index in [-0.39, 0.29) is 9.34 Å². The molecular formula is C13H8F2N2O2S3. The minimum Gasteiger partial charge on any atom is -0.254 e. The van der Waals surface area contributed by atoms with Gasteiger partial charge in [0.25, 0.3) is 10.0 Å². The SMILES string of the molecule is O=S(=O)(Nc1nc(-c2ccc(F)c(F)c2)cs1)c1cccs1. The standard InChI is InChI=1S/C13H8F2N2O2S3/c14-9-4-3-8(6-10(9)15)11-7-21-13(16-11)17-22(18,19)12-2-1-5-20-12/h1-7H,(H,16,17). The predicted octanol–water partition coefficient (Wildman–Crippen LogP) is 3.95. The molecule has 2 heterocycles. The van der Waals surface area contributed by atoms with Crippen LogP contribution in [0, 0.1) is 11.6 Å². The van der Waals surface area contributed by atoms with Crippen LogP contribution in [0.2, 0.25) is 0 Å². The van der Waals surface area contributed by atoms with E-state index in [0.717, 1.165) is 34.8 Å². The first-order valence-corrected chi connectivity index (χ1v) is 9.17. The molecule has 0 aliphatic carbocycles. The van der Waals surface area contributed by atoms with Crippen molar-refractivity contribution in [3.63, 3.8) is 0 Å². The van der Waals surface area contributed by atoms with E-state index < -0.39 is 21.7 Å². The summed E-state index contributed by atoms with van der Waals surface area (Å²) in [5.41, 5.74) is 0.740. The number of benzene rings is 1. The molecule has 114 valence electrons. The third-order valence-corrected chi connectivity index (χ3v) is 6.32. The van der Waals surface area contributed by atoms with Gasteiger partial charge in [-0.2, -0.15) is 0 Å². The summed E-state index contributed by atoms with van der Waals surface area (Å²) in [4.78, 5) is 4.09. The lowest BCUT2D eigenvalue weighted by Crippen LogP contribution is -2.11. The van der Waals surface area contributed by atoms with Crippen molar-refractivity contribution in [2.75, 3.05) is 4.72 Å². The Hall–Kier alpha value is -1.84. The minimum atomic E-state index is -3.67. The Kier molecular flexibility index (Phi) is 3.94. The van der Waals surface area contributed by atoms with Crippen LogP contribution in [0.1, 0.15) is 0 Å². The Morgan fingerprint density at radius 3 is 2.59 bits per heavy atom. The summed E-state index contributed by atoms with van der Waals surface area (Å²) in [5.74, 6) is -1.93. The summed E-state index contributed by atoms with van der Waals surface area (Å²) in [6, 6.07) is 6.51. The molecule has 1 aromatic carbocycles. The number of hydrogen-bond acceptors (Lipinski definition) is 5. The zero-order valence-electron chi connectivity index (χ0n) is 10.8. The normalized spacial score (nSPS) is 11.5. The summed E-state index contributed by atoms with van der Waals surface area (Å²) >= 11 is 2.16. The Morgan fingerprint density at radius 1 is 1.09 bits per heavy atom. The average Bonchev–Trinajstić information content (AvgIpc) is 3.12. The lowest BCUT2D eigenvalue weighted by atomic mass is 10.2. The Balaban J connectivity index is 1.86. The van der Waals surface area contributed by atoms with Crippen molar-refractivity contribution in [3.05, 3.63) is 52.7 Å². The molecule has 0 aliphatic rings. The fourth-order valence-electron chi connectivity index (χ4n) is 1.69. The first kappa shape index (κ1) is 15.1. The number of nitrogens with zero attached hydrogens (tertiary/aromatic N) is 1. The van der Waals surface area contributed by atoms with Crippen molar-refractivity contribution >= 4 is 37.8 Å². The number of aromatic nitrogens is 1. The molecule has 0 aliphatic heterocycles. The molecule has 0 radical (unpaired) electrons. The van der Waals surface area contributed by atoms with Gasteiger partial charge in [-0.1, -0.05) is 6.07 Å². The molecule has 3 rings (SSSR count). The third kappa shape index (κ3) is 3.01. The van der Waals surface area contributed by atoms with Gasteiger partial charge in [0.15, 0.2) is 16.8 Å². The van der Waals surface area contributed by atoms with E-state index in [9.17, 15) is 17.2 Å². The van der Waals surface area contributed by atoms with E-state index in [2.05, 4.69) is 9.71 Å². The molecule has 9 heteroatoms. The maximum atomic E-state index is 13.2. The van der Waals surface area contributed by atoms with E-state index in [4.69, 9.17) is 0 Å². The van der Waals surface area contributed by atoms with Crippen LogP contribution < -0.4 is 4.72 Å². The van der Waals surface area contributed by atoms with Crippen molar-refractivity contribution in [2.24, 2.45) is 0 Å². The number of thiazole rings is 1. The molecule has 0 saturated carbocycles. The fourth-order valence-corrected chi connectivity index (χ4v) is 4.66. The quantitative estimate of drug-likeness (QED) is 0.768. The van der Waals surface area contributed by atoms with E-state index in [1.54, 1.807) is 16.8 Å². The maximum Gasteiger partial charge on any atom is 0.273 e. The number of sulfonamides is 1.